The van der Waals surface area contributed by atoms with E-state index in [4.69, 9.17) is 43.1 Å². The Morgan fingerprint density at radius 1 is 1.14 bits per heavy atom. The fourth-order valence-corrected chi connectivity index (χ4v) is 5.69. The predicted molar refractivity (Wildman–Crippen MR) is 144 cm³/mol. The number of aromatic nitrogens is 2. The summed E-state index contributed by atoms with van der Waals surface area (Å²) in [6, 6.07) is 15.2. The monoisotopic (exact) mass is 552 g/mol. The van der Waals surface area contributed by atoms with Gasteiger partial charge in [-0.15, -0.1) is 16.4 Å². The molecule has 1 aliphatic rings. The maximum absolute atomic E-state index is 10.0. The Bertz CT molecular complexity index is 1580. The van der Waals surface area contributed by atoms with Gasteiger partial charge in [0.1, 0.15) is 18.2 Å². The van der Waals surface area contributed by atoms with E-state index in [0.29, 0.717) is 33.0 Å². The van der Waals surface area contributed by atoms with Gasteiger partial charge in [0.15, 0.2) is 11.5 Å². The van der Waals surface area contributed by atoms with Crippen molar-refractivity contribution in [2.75, 3.05) is 7.11 Å². The number of allylic oxidation sites excluding steroid dienone is 1. The number of nitrogens with zero attached hydrogens (tertiary/aromatic N) is 2. The first-order chi connectivity index (χ1) is 17.8. The summed E-state index contributed by atoms with van der Waals surface area (Å²) in [6.45, 7) is 4.38. The highest BCUT2D eigenvalue weighted by Crippen LogP contribution is 2.48. The Hall–Kier alpha value is -3.64. The smallest absolute Gasteiger partial charge is 0.244 e. The molecule has 0 spiro atoms. The largest absolute Gasteiger partial charge is 0.493 e. The molecule has 0 radical (unpaired) electrons. The summed E-state index contributed by atoms with van der Waals surface area (Å²) >= 11 is 13.8. The van der Waals surface area contributed by atoms with Crippen LogP contribution in [0.1, 0.15) is 32.4 Å². The highest BCUT2D eigenvalue weighted by atomic mass is 35.5. The van der Waals surface area contributed by atoms with Gasteiger partial charge in [0.25, 0.3) is 0 Å². The molecule has 1 unspecified atom stereocenters. The second kappa shape index (κ2) is 10.0. The van der Waals surface area contributed by atoms with Crippen LogP contribution in [-0.4, -0.2) is 17.3 Å². The van der Waals surface area contributed by atoms with E-state index in [1.165, 1.54) is 4.88 Å². The summed E-state index contributed by atoms with van der Waals surface area (Å²) in [5.41, 5.74) is 10.7. The van der Waals surface area contributed by atoms with E-state index in [1.54, 1.807) is 30.6 Å². The fraction of sp³-hybridized carbons (Fsp3) is 0.185. The predicted octanol–water partition coefficient (Wildman–Crippen LogP) is 6.87. The van der Waals surface area contributed by atoms with Crippen molar-refractivity contribution in [2.45, 2.75) is 26.4 Å². The van der Waals surface area contributed by atoms with Crippen molar-refractivity contribution in [2.24, 2.45) is 5.73 Å². The molecule has 0 fully saturated rings. The third kappa shape index (κ3) is 4.62. The number of aromatic amines is 1. The first-order valence-electron chi connectivity index (χ1n) is 11.3. The molecule has 3 N–H and O–H groups in total. The van der Waals surface area contributed by atoms with E-state index in [1.807, 2.05) is 24.3 Å². The number of fused-ring (bicyclic) bond motifs is 1. The summed E-state index contributed by atoms with van der Waals surface area (Å²) in [5.74, 6) is 0.903. The maximum Gasteiger partial charge on any atom is 0.244 e. The van der Waals surface area contributed by atoms with Crippen LogP contribution in [0.15, 0.2) is 53.9 Å². The lowest BCUT2D eigenvalue weighted by molar-refractivity contribution is 0.284. The number of H-pyrrole nitrogens is 1. The number of rotatable bonds is 6. The van der Waals surface area contributed by atoms with Gasteiger partial charge in [0.2, 0.25) is 11.8 Å². The van der Waals surface area contributed by atoms with Crippen molar-refractivity contribution in [3.05, 3.63) is 90.4 Å². The van der Waals surface area contributed by atoms with Gasteiger partial charge in [0, 0.05) is 15.3 Å². The summed E-state index contributed by atoms with van der Waals surface area (Å²) in [4.78, 5) is 2.30. The van der Waals surface area contributed by atoms with Crippen LogP contribution in [0.3, 0.4) is 0 Å². The van der Waals surface area contributed by atoms with Gasteiger partial charge in [-0.25, -0.2) is 0 Å². The zero-order chi connectivity index (χ0) is 26.3. The number of nitrogens with one attached hydrogen (secondary N) is 1. The zero-order valence-electron chi connectivity index (χ0n) is 20.2. The molecule has 2 aromatic carbocycles. The molecule has 37 heavy (non-hydrogen) atoms. The van der Waals surface area contributed by atoms with E-state index in [9.17, 15) is 5.26 Å². The SMILES string of the molecule is COc1cc(C2C(C#N)=C(N)Oc3n[nH]c(-c4cc(C)sc4C)c32)ccc1OCc1ccc(Cl)c(Cl)c1. The van der Waals surface area contributed by atoms with E-state index in [2.05, 4.69) is 36.2 Å². The average molecular weight is 553 g/mol. The van der Waals surface area contributed by atoms with Gasteiger partial charge in [0.05, 0.1) is 34.3 Å². The van der Waals surface area contributed by atoms with Crippen LogP contribution in [0.2, 0.25) is 10.0 Å². The molecule has 1 aliphatic heterocycles. The molecule has 0 amide bonds. The molecule has 4 aromatic rings. The van der Waals surface area contributed by atoms with Crippen LogP contribution in [0.25, 0.3) is 11.3 Å². The van der Waals surface area contributed by atoms with E-state index in [-0.39, 0.29) is 12.5 Å². The Morgan fingerprint density at radius 2 is 1.95 bits per heavy atom. The molecule has 2 aromatic heterocycles. The molecule has 3 heterocycles. The quantitative estimate of drug-likeness (QED) is 0.270. The normalized spacial score (nSPS) is 14.6. The van der Waals surface area contributed by atoms with Crippen LogP contribution in [-0.2, 0) is 6.61 Å². The van der Waals surface area contributed by atoms with Gasteiger partial charge in [-0.1, -0.05) is 35.3 Å². The van der Waals surface area contributed by atoms with Gasteiger partial charge in [-0.2, -0.15) is 5.26 Å². The Morgan fingerprint density at radius 3 is 2.62 bits per heavy atom. The number of hydrogen-bond acceptors (Lipinski definition) is 7. The van der Waals surface area contributed by atoms with Gasteiger partial charge in [-0.05, 0) is 55.3 Å². The van der Waals surface area contributed by atoms with Gasteiger partial charge >= 0.3 is 0 Å². The van der Waals surface area contributed by atoms with E-state index in [0.717, 1.165) is 32.8 Å². The number of methoxy groups -OCH3 is 1. The van der Waals surface area contributed by atoms with Gasteiger partial charge in [-0.3, -0.25) is 5.10 Å². The molecule has 0 bridgehead atoms. The second-order valence-corrected chi connectivity index (χ2v) is 10.8. The van der Waals surface area contributed by atoms with Crippen molar-refractivity contribution in [3.63, 3.8) is 0 Å². The standard InChI is InChI=1S/C27H22Cl2N4O3S/c1-13-8-17(14(2)37-13)25-24-23(18(11-30)26(31)36-27(24)33-32-25)16-5-7-21(22(10-16)34-3)35-12-15-4-6-19(28)20(29)9-15/h4-10,23H,12,31H2,1-3H3,(H,32,33). The number of thiophene rings is 1. The Kier molecular flexibility index (Phi) is 6.78. The summed E-state index contributed by atoms with van der Waals surface area (Å²) in [5, 5.41) is 18.5. The number of aryl methyl sites for hydroxylation is 2. The van der Waals surface area contributed by atoms with Crippen LogP contribution in [0.4, 0.5) is 0 Å². The average Bonchev–Trinajstić information content (AvgIpc) is 3.45. The summed E-state index contributed by atoms with van der Waals surface area (Å²) in [6.07, 6.45) is 0. The zero-order valence-corrected chi connectivity index (χ0v) is 22.5. The number of halogens is 2. The first-order valence-corrected chi connectivity index (χ1v) is 12.9. The number of hydrogen-bond donors (Lipinski definition) is 2. The van der Waals surface area contributed by atoms with Crippen molar-refractivity contribution in [1.82, 2.24) is 10.2 Å². The van der Waals surface area contributed by atoms with Crippen molar-refractivity contribution in [3.8, 4) is 34.7 Å². The van der Waals surface area contributed by atoms with Crippen molar-refractivity contribution < 1.29 is 14.2 Å². The molecule has 0 aliphatic carbocycles. The Labute approximate surface area is 228 Å². The van der Waals surface area contributed by atoms with Crippen molar-refractivity contribution in [1.29, 1.82) is 5.26 Å². The molecule has 1 atom stereocenters. The van der Waals surface area contributed by atoms with Crippen LogP contribution in [0.5, 0.6) is 17.4 Å². The van der Waals surface area contributed by atoms with Gasteiger partial charge < -0.3 is 19.9 Å². The number of benzene rings is 2. The molecular formula is C27H22Cl2N4O3S. The van der Waals surface area contributed by atoms with Crippen molar-refractivity contribution >= 4 is 34.5 Å². The van der Waals surface area contributed by atoms with E-state index >= 15 is 0 Å². The van der Waals surface area contributed by atoms with Crippen LogP contribution in [0, 0.1) is 25.2 Å². The summed E-state index contributed by atoms with van der Waals surface area (Å²) in [7, 11) is 1.57. The highest BCUT2D eigenvalue weighted by molar-refractivity contribution is 7.12. The lowest BCUT2D eigenvalue weighted by atomic mass is 9.83. The minimum Gasteiger partial charge on any atom is -0.493 e. The third-order valence-corrected chi connectivity index (χ3v) is 7.85. The summed E-state index contributed by atoms with van der Waals surface area (Å²) < 4.78 is 17.4. The molecule has 0 saturated heterocycles. The second-order valence-electron chi connectivity index (χ2n) is 8.52. The minimum absolute atomic E-state index is 0.0233. The van der Waals surface area contributed by atoms with Crippen LogP contribution >= 0.6 is 34.5 Å². The van der Waals surface area contributed by atoms with Crippen LogP contribution < -0.4 is 19.9 Å². The number of ether oxygens (including phenoxy) is 3. The lowest BCUT2D eigenvalue weighted by Gasteiger charge is -2.25. The first kappa shape index (κ1) is 25.0. The molecule has 5 rings (SSSR count). The molecule has 10 heteroatoms. The molecule has 7 nitrogen and oxygen atoms in total. The fourth-order valence-electron chi connectivity index (χ4n) is 4.44. The minimum atomic E-state index is -0.514. The topological polar surface area (TPSA) is 106 Å². The number of nitrogens with two attached hydrogens (primary N) is 1. The Balaban J connectivity index is 1.55. The maximum atomic E-state index is 10.0. The lowest BCUT2D eigenvalue weighted by Crippen LogP contribution is -2.21. The number of nitriles is 1. The molecule has 0 saturated carbocycles. The highest BCUT2D eigenvalue weighted by Gasteiger charge is 2.36. The third-order valence-electron chi connectivity index (χ3n) is 6.15. The van der Waals surface area contributed by atoms with E-state index < -0.39 is 5.92 Å². The molecular weight excluding hydrogens is 531 g/mol. The molecule has 188 valence electrons.